The van der Waals surface area contributed by atoms with Crippen LogP contribution in [0.1, 0.15) is 25.0 Å². The number of hydrogen-bond acceptors (Lipinski definition) is 5. The van der Waals surface area contributed by atoms with Gasteiger partial charge in [-0.05, 0) is 31.5 Å². The molecule has 1 atom stereocenters. The third-order valence-corrected chi connectivity index (χ3v) is 6.25. The molecular weight excluding hydrogens is 461 g/mol. The lowest BCUT2D eigenvalue weighted by atomic mass is 10.1. The van der Waals surface area contributed by atoms with Crippen molar-refractivity contribution in [2.24, 2.45) is 0 Å². The van der Waals surface area contributed by atoms with Crippen LogP contribution in [0.3, 0.4) is 0 Å². The van der Waals surface area contributed by atoms with Crippen molar-refractivity contribution >= 4 is 52.5 Å². The van der Waals surface area contributed by atoms with Crippen LogP contribution in [-0.4, -0.2) is 40.0 Å². The molecule has 0 saturated heterocycles. The van der Waals surface area contributed by atoms with E-state index in [9.17, 15) is 19.7 Å². The van der Waals surface area contributed by atoms with Gasteiger partial charge in [0.15, 0.2) is 0 Å². The van der Waals surface area contributed by atoms with Gasteiger partial charge in [-0.25, -0.2) is 0 Å². The molecule has 31 heavy (non-hydrogen) atoms. The fourth-order valence-electron chi connectivity index (χ4n) is 2.81. The van der Waals surface area contributed by atoms with Crippen molar-refractivity contribution in [2.75, 3.05) is 12.3 Å². The highest BCUT2D eigenvalue weighted by molar-refractivity contribution is 7.99. The second-order valence-electron chi connectivity index (χ2n) is 6.71. The van der Waals surface area contributed by atoms with Gasteiger partial charge in [0.1, 0.15) is 6.04 Å². The number of hydrogen-bond donors (Lipinski definition) is 1. The van der Waals surface area contributed by atoms with E-state index >= 15 is 0 Å². The average molecular weight is 484 g/mol. The highest BCUT2D eigenvalue weighted by Crippen LogP contribution is 2.27. The normalized spacial score (nSPS) is 11.6. The molecule has 166 valence electrons. The second kappa shape index (κ2) is 11.9. The van der Waals surface area contributed by atoms with Crippen LogP contribution in [0, 0.1) is 10.1 Å². The number of halogens is 2. The molecule has 0 aliphatic rings. The topological polar surface area (TPSA) is 92.6 Å². The van der Waals surface area contributed by atoms with Gasteiger partial charge in [-0.1, -0.05) is 41.4 Å². The molecule has 10 heteroatoms. The van der Waals surface area contributed by atoms with Crippen LogP contribution < -0.4 is 5.32 Å². The van der Waals surface area contributed by atoms with Crippen molar-refractivity contribution in [3.63, 3.8) is 0 Å². The largest absolute Gasteiger partial charge is 0.355 e. The Bertz CT molecular complexity index is 920. The summed E-state index contributed by atoms with van der Waals surface area (Å²) >= 11 is 13.9. The van der Waals surface area contributed by atoms with E-state index < -0.39 is 11.0 Å². The summed E-state index contributed by atoms with van der Waals surface area (Å²) in [5, 5.41) is 14.3. The van der Waals surface area contributed by atoms with E-state index in [1.807, 2.05) is 6.92 Å². The van der Waals surface area contributed by atoms with Gasteiger partial charge in [0.2, 0.25) is 11.8 Å². The summed E-state index contributed by atoms with van der Waals surface area (Å²) in [6.07, 6.45) is 0. The Kier molecular flexibility index (Phi) is 9.61. The molecule has 1 N–H and O–H groups in total. The molecule has 2 amide bonds. The monoisotopic (exact) mass is 483 g/mol. The maximum absolute atomic E-state index is 13.0. The van der Waals surface area contributed by atoms with Gasteiger partial charge < -0.3 is 10.2 Å². The number of non-ortho nitro benzene ring substituents is 1. The highest BCUT2D eigenvalue weighted by atomic mass is 35.5. The Labute approximate surface area is 195 Å². The number of nitro groups is 1. The van der Waals surface area contributed by atoms with Crippen LogP contribution in [0.4, 0.5) is 5.69 Å². The predicted octanol–water partition coefficient (Wildman–Crippen LogP) is 4.69. The summed E-state index contributed by atoms with van der Waals surface area (Å²) < 4.78 is 0. The van der Waals surface area contributed by atoms with Crippen molar-refractivity contribution in [1.29, 1.82) is 0 Å². The molecule has 0 bridgehead atoms. The van der Waals surface area contributed by atoms with E-state index in [4.69, 9.17) is 23.2 Å². The first-order chi connectivity index (χ1) is 14.7. The van der Waals surface area contributed by atoms with Crippen molar-refractivity contribution in [1.82, 2.24) is 10.2 Å². The molecule has 0 fully saturated rings. The van der Waals surface area contributed by atoms with E-state index in [2.05, 4.69) is 5.32 Å². The van der Waals surface area contributed by atoms with Gasteiger partial charge in [0, 0.05) is 46.6 Å². The standard InChI is InChI=1S/C21H23Cl2N3O4S/c1-3-24-21(28)14(2)25(11-17-18(22)5-4-6-19(17)23)20(27)13-31-12-15-7-9-16(10-8-15)26(29)30/h4-10,14H,3,11-13H2,1-2H3,(H,24,28)/t14-/m1/s1. The molecule has 0 unspecified atom stereocenters. The van der Waals surface area contributed by atoms with E-state index in [0.717, 1.165) is 5.56 Å². The number of nitrogens with zero attached hydrogens (tertiary/aromatic N) is 2. The molecule has 0 heterocycles. The third kappa shape index (κ3) is 7.12. The summed E-state index contributed by atoms with van der Waals surface area (Å²) in [7, 11) is 0. The fourth-order valence-corrected chi connectivity index (χ4v) is 4.20. The van der Waals surface area contributed by atoms with Crippen LogP contribution >= 0.6 is 35.0 Å². The van der Waals surface area contributed by atoms with Gasteiger partial charge in [0.25, 0.3) is 5.69 Å². The number of carbonyl (C=O) groups excluding carboxylic acids is 2. The first-order valence-electron chi connectivity index (χ1n) is 9.55. The first-order valence-corrected chi connectivity index (χ1v) is 11.5. The summed E-state index contributed by atoms with van der Waals surface area (Å²) in [6.45, 7) is 4.02. The van der Waals surface area contributed by atoms with Crippen LogP contribution in [-0.2, 0) is 21.9 Å². The van der Waals surface area contributed by atoms with Crippen molar-refractivity contribution in [2.45, 2.75) is 32.2 Å². The van der Waals surface area contributed by atoms with Gasteiger partial charge in [0.05, 0.1) is 10.7 Å². The van der Waals surface area contributed by atoms with Gasteiger partial charge in [-0.3, -0.25) is 19.7 Å². The van der Waals surface area contributed by atoms with Crippen LogP contribution in [0.15, 0.2) is 42.5 Å². The van der Waals surface area contributed by atoms with Crippen molar-refractivity contribution < 1.29 is 14.5 Å². The number of likely N-dealkylation sites (N-methyl/N-ethyl adjacent to an activating group) is 1. The second-order valence-corrected chi connectivity index (χ2v) is 8.51. The number of nitro benzene ring substituents is 1. The number of amides is 2. The van der Waals surface area contributed by atoms with Crippen LogP contribution in [0.2, 0.25) is 10.0 Å². The zero-order valence-electron chi connectivity index (χ0n) is 17.1. The SMILES string of the molecule is CCNC(=O)[C@@H](C)N(Cc1c(Cl)cccc1Cl)C(=O)CSCc1ccc([N+](=O)[O-])cc1. The first kappa shape index (κ1) is 25.0. The van der Waals surface area contributed by atoms with Crippen molar-refractivity contribution in [3.8, 4) is 0 Å². The Hall–Kier alpha value is -2.29. The van der Waals surface area contributed by atoms with Gasteiger partial charge in [-0.2, -0.15) is 0 Å². The van der Waals surface area contributed by atoms with Gasteiger partial charge in [-0.15, -0.1) is 11.8 Å². The number of benzene rings is 2. The highest BCUT2D eigenvalue weighted by Gasteiger charge is 2.27. The predicted molar refractivity (Wildman–Crippen MR) is 124 cm³/mol. The third-order valence-electron chi connectivity index (χ3n) is 4.55. The Morgan fingerprint density at radius 3 is 2.32 bits per heavy atom. The molecule has 0 spiro atoms. The molecule has 0 aromatic heterocycles. The molecule has 0 aliphatic carbocycles. The van der Waals surface area contributed by atoms with E-state index in [1.54, 1.807) is 37.3 Å². The number of thioether (sulfide) groups is 1. The Balaban J connectivity index is 2.10. The maximum atomic E-state index is 13.0. The van der Waals surface area contributed by atoms with E-state index in [1.165, 1.54) is 28.8 Å². The number of carbonyl (C=O) groups is 2. The molecule has 0 radical (unpaired) electrons. The molecule has 0 aliphatic heterocycles. The minimum atomic E-state index is -0.709. The van der Waals surface area contributed by atoms with E-state index in [0.29, 0.717) is 27.9 Å². The lowest BCUT2D eigenvalue weighted by Gasteiger charge is -2.29. The zero-order chi connectivity index (χ0) is 23.0. The minimum Gasteiger partial charge on any atom is -0.355 e. The number of nitrogens with one attached hydrogen (secondary N) is 1. The molecule has 7 nitrogen and oxygen atoms in total. The number of rotatable bonds is 10. The summed E-state index contributed by atoms with van der Waals surface area (Å²) in [5.74, 6) is 0.129. The average Bonchev–Trinajstić information content (AvgIpc) is 2.73. The Morgan fingerprint density at radius 1 is 1.16 bits per heavy atom. The summed E-state index contributed by atoms with van der Waals surface area (Å²) in [5.41, 5.74) is 1.46. The molecular formula is C21H23Cl2N3O4S. The van der Waals surface area contributed by atoms with Crippen LogP contribution in [0.5, 0.6) is 0 Å². The maximum Gasteiger partial charge on any atom is 0.269 e. The summed E-state index contributed by atoms with van der Waals surface area (Å²) in [4.78, 5) is 37.2. The van der Waals surface area contributed by atoms with Crippen LogP contribution in [0.25, 0.3) is 0 Å². The summed E-state index contributed by atoms with van der Waals surface area (Å²) in [6, 6.07) is 10.6. The van der Waals surface area contributed by atoms with Crippen molar-refractivity contribution in [3.05, 3.63) is 73.8 Å². The van der Waals surface area contributed by atoms with E-state index in [-0.39, 0.29) is 29.8 Å². The Morgan fingerprint density at radius 2 is 1.77 bits per heavy atom. The smallest absolute Gasteiger partial charge is 0.269 e. The lowest BCUT2D eigenvalue weighted by molar-refractivity contribution is -0.384. The zero-order valence-corrected chi connectivity index (χ0v) is 19.5. The minimum absolute atomic E-state index is 0.0170. The molecule has 2 aromatic rings. The molecule has 2 aromatic carbocycles. The molecule has 2 rings (SSSR count). The molecule has 0 saturated carbocycles. The quantitative estimate of drug-likeness (QED) is 0.390. The lowest BCUT2D eigenvalue weighted by Crippen LogP contribution is -2.48. The van der Waals surface area contributed by atoms with Gasteiger partial charge >= 0.3 is 0 Å². The fraction of sp³-hybridized carbons (Fsp3) is 0.333.